The highest BCUT2D eigenvalue weighted by molar-refractivity contribution is 5.73. The van der Waals surface area contributed by atoms with Gasteiger partial charge in [0.15, 0.2) is 0 Å². The van der Waals surface area contributed by atoms with Crippen LogP contribution < -0.4 is 10.6 Å². The first-order valence-corrected chi connectivity index (χ1v) is 9.16. The lowest BCUT2D eigenvalue weighted by molar-refractivity contribution is 0.0162. The van der Waals surface area contributed by atoms with Crippen molar-refractivity contribution in [3.63, 3.8) is 0 Å². The van der Waals surface area contributed by atoms with Crippen molar-refractivity contribution in [2.75, 3.05) is 39.8 Å². The zero-order valence-corrected chi connectivity index (χ0v) is 14.7. The summed E-state index contributed by atoms with van der Waals surface area (Å²) in [6, 6.07) is 3.59. The molecule has 6 heteroatoms. The van der Waals surface area contributed by atoms with E-state index < -0.39 is 0 Å². The average molecular weight is 334 g/mol. The Balaban J connectivity index is 1.54. The molecule has 1 aromatic rings. The summed E-state index contributed by atoms with van der Waals surface area (Å²) >= 11 is 0. The molecule has 0 unspecified atom stereocenters. The number of likely N-dealkylation sites (tertiary alicyclic amines) is 2. The topological polar surface area (TPSA) is 60.8 Å². The van der Waals surface area contributed by atoms with Gasteiger partial charge in [-0.15, -0.1) is 0 Å². The Labute approximate surface area is 144 Å². The van der Waals surface area contributed by atoms with Gasteiger partial charge < -0.3 is 20.0 Å². The number of carbonyl (C=O) groups is 1. The van der Waals surface area contributed by atoms with Crippen molar-refractivity contribution < 1.29 is 9.21 Å². The van der Waals surface area contributed by atoms with Gasteiger partial charge in [0, 0.05) is 12.1 Å². The minimum absolute atomic E-state index is 0.110. The van der Waals surface area contributed by atoms with Crippen LogP contribution in [0.25, 0.3) is 0 Å². The van der Waals surface area contributed by atoms with Gasteiger partial charge in [0.05, 0.1) is 12.8 Å². The molecule has 0 atom stereocenters. The minimum atomic E-state index is -0.110. The van der Waals surface area contributed by atoms with E-state index in [2.05, 4.69) is 27.5 Å². The van der Waals surface area contributed by atoms with Gasteiger partial charge in [0.25, 0.3) is 0 Å². The molecule has 2 aliphatic heterocycles. The maximum absolute atomic E-state index is 12.2. The predicted molar refractivity (Wildman–Crippen MR) is 93.8 cm³/mol. The largest absolute Gasteiger partial charge is 0.467 e. The molecule has 2 amide bonds. The van der Waals surface area contributed by atoms with Crippen molar-refractivity contribution in [3.8, 4) is 0 Å². The van der Waals surface area contributed by atoms with Gasteiger partial charge >= 0.3 is 6.03 Å². The normalized spacial score (nSPS) is 22.2. The fraction of sp³-hybridized carbons (Fsp3) is 0.722. The summed E-state index contributed by atoms with van der Waals surface area (Å²) in [5.74, 6) is 0.773. The molecule has 3 heterocycles. The van der Waals surface area contributed by atoms with E-state index in [4.69, 9.17) is 4.42 Å². The first-order valence-electron chi connectivity index (χ1n) is 9.16. The van der Waals surface area contributed by atoms with Gasteiger partial charge in [-0.05, 0) is 71.0 Å². The highest BCUT2D eigenvalue weighted by atomic mass is 16.3. The Morgan fingerprint density at radius 3 is 2.58 bits per heavy atom. The Hall–Kier alpha value is -1.53. The molecule has 6 nitrogen and oxygen atoms in total. The molecule has 2 N–H and O–H groups in total. The predicted octanol–water partition coefficient (Wildman–Crippen LogP) is 2.03. The first-order chi connectivity index (χ1) is 11.7. The Kier molecular flexibility index (Phi) is 5.79. The summed E-state index contributed by atoms with van der Waals surface area (Å²) in [6.45, 7) is 5.69. The number of hydrogen-bond acceptors (Lipinski definition) is 4. The Morgan fingerprint density at radius 1 is 1.17 bits per heavy atom. The second kappa shape index (κ2) is 8.03. The second-order valence-electron chi connectivity index (χ2n) is 7.19. The van der Waals surface area contributed by atoms with Gasteiger partial charge in [0.1, 0.15) is 5.76 Å². The van der Waals surface area contributed by atoms with Gasteiger partial charge in [-0.25, -0.2) is 4.79 Å². The standard InChI is InChI=1S/C18H30N4O2/c1-21-11-7-18(8-12-21,22-9-3-2-4-10-22)15-20-17(23)19-14-16-6-5-13-24-16/h5-6,13H,2-4,7-12,14-15H2,1H3,(H2,19,20,23). The van der Waals surface area contributed by atoms with E-state index in [9.17, 15) is 4.79 Å². The molecule has 1 aromatic heterocycles. The van der Waals surface area contributed by atoms with Gasteiger partial charge in [-0.2, -0.15) is 0 Å². The summed E-state index contributed by atoms with van der Waals surface area (Å²) in [4.78, 5) is 17.2. The van der Waals surface area contributed by atoms with Crippen LogP contribution in [0.1, 0.15) is 37.9 Å². The molecular weight excluding hydrogens is 304 g/mol. The molecule has 2 fully saturated rings. The first kappa shape index (κ1) is 17.3. The average Bonchev–Trinajstić information content (AvgIpc) is 3.14. The number of nitrogens with zero attached hydrogens (tertiary/aromatic N) is 2. The molecule has 24 heavy (non-hydrogen) atoms. The minimum Gasteiger partial charge on any atom is -0.467 e. The molecule has 0 saturated carbocycles. The number of piperidine rings is 2. The molecule has 0 aromatic carbocycles. The van der Waals surface area contributed by atoms with Crippen LogP contribution in [0.15, 0.2) is 22.8 Å². The number of urea groups is 1. The zero-order valence-electron chi connectivity index (χ0n) is 14.7. The van der Waals surface area contributed by atoms with Crippen LogP contribution in [0.2, 0.25) is 0 Å². The zero-order chi connectivity index (χ0) is 16.8. The van der Waals surface area contributed by atoms with E-state index >= 15 is 0 Å². The number of rotatable bonds is 5. The molecule has 0 spiro atoms. The number of hydrogen-bond donors (Lipinski definition) is 2. The molecule has 0 bridgehead atoms. The van der Waals surface area contributed by atoms with E-state index in [0.717, 1.165) is 38.2 Å². The highest BCUT2D eigenvalue weighted by Crippen LogP contribution is 2.30. The lowest BCUT2D eigenvalue weighted by Gasteiger charge is -2.50. The van der Waals surface area contributed by atoms with E-state index in [1.165, 1.54) is 32.4 Å². The van der Waals surface area contributed by atoms with Crippen LogP contribution in [0.4, 0.5) is 4.79 Å². The van der Waals surface area contributed by atoms with E-state index in [0.29, 0.717) is 6.54 Å². The fourth-order valence-corrected chi connectivity index (χ4v) is 3.90. The summed E-state index contributed by atoms with van der Waals surface area (Å²) in [7, 11) is 2.18. The van der Waals surface area contributed by atoms with Gasteiger partial charge in [0.2, 0.25) is 0 Å². The Morgan fingerprint density at radius 2 is 1.92 bits per heavy atom. The summed E-state index contributed by atoms with van der Waals surface area (Å²) in [5, 5.41) is 6.00. The maximum Gasteiger partial charge on any atom is 0.315 e. The third-order valence-electron chi connectivity index (χ3n) is 5.53. The fourth-order valence-electron chi connectivity index (χ4n) is 3.90. The molecule has 134 valence electrons. The number of nitrogens with one attached hydrogen (secondary N) is 2. The number of carbonyl (C=O) groups excluding carboxylic acids is 1. The molecular formula is C18H30N4O2. The lowest BCUT2D eigenvalue weighted by atomic mass is 9.84. The molecule has 2 saturated heterocycles. The quantitative estimate of drug-likeness (QED) is 0.865. The van der Waals surface area contributed by atoms with Crippen molar-refractivity contribution in [2.24, 2.45) is 0 Å². The molecule has 2 aliphatic rings. The van der Waals surface area contributed by atoms with Crippen LogP contribution in [-0.2, 0) is 6.54 Å². The van der Waals surface area contributed by atoms with E-state index in [-0.39, 0.29) is 11.6 Å². The maximum atomic E-state index is 12.2. The van der Waals surface area contributed by atoms with Gasteiger partial charge in [-0.3, -0.25) is 4.90 Å². The van der Waals surface area contributed by atoms with Crippen molar-refractivity contribution in [1.82, 2.24) is 20.4 Å². The van der Waals surface area contributed by atoms with Crippen LogP contribution in [0.3, 0.4) is 0 Å². The highest BCUT2D eigenvalue weighted by Gasteiger charge is 2.39. The smallest absolute Gasteiger partial charge is 0.315 e. The van der Waals surface area contributed by atoms with Crippen molar-refractivity contribution in [1.29, 1.82) is 0 Å². The molecule has 0 radical (unpaired) electrons. The van der Waals surface area contributed by atoms with Crippen LogP contribution in [-0.4, -0.2) is 61.1 Å². The second-order valence-corrected chi connectivity index (χ2v) is 7.19. The van der Waals surface area contributed by atoms with Crippen molar-refractivity contribution >= 4 is 6.03 Å². The van der Waals surface area contributed by atoms with Crippen LogP contribution >= 0.6 is 0 Å². The van der Waals surface area contributed by atoms with E-state index in [1.807, 2.05) is 12.1 Å². The monoisotopic (exact) mass is 334 g/mol. The summed E-state index contributed by atoms with van der Waals surface area (Å²) in [6.07, 6.45) is 7.77. The summed E-state index contributed by atoms with van der Waals surface area (Å²) < 4.78 is 5.25. The lowest BCUT2D eigenvalue weighted by Crippen LogP contribution is -2.61. The van der Waals surface area contributed by atoms with E-state index in [1.54, 1.807) is 6.26 Å². The van der Waals surface area contributed by atoms with Crippen molar-refractivity contribution in [3.05, 3.63) is 24.2 Å². The molecule has 3 rings (SSSR count). The Bertz CT molecular complexity index is 503. The summed E-state index contributed by atoms with van der Waals surface area (Å²) in [5.41, 5.74) is 0.120. The number of furan rings is 1. The number of amides is 2. The third-order valence-corrected chi connectivity index (χ3v) is 5.53. The van der Waals surface area contributed by atoms with Crippen LogP contribution in [0.5, 0.6) is 0 Å². The van der Waals surface area contributed by atoms with Gasteiger partial charge in [-0.1, -0.05) is 6.42 Å². The molecule has 0 aliphatic carbocycles. The third kappa shape index (κ3) is 4.30. The van der Waals surface area contributed by atoms with Crippen LogP contribution in [0, 0.1) is 0 Å². The SMILES string of the molecule is CN1CCC(CNC(=O)NCc2ccco2)(N2CCCCC2)CC1. The van der Waals surface area contributed by atoms with Crippen molar-refractivity contribution in [2.45, 2.75) is 44.2 Å².